The summed E-state index contributed by atoms with van der Waals surface area (Å²) in [6.07, 6.45) is 67.6. The van der Waals surface area contributed by atoms with Gasteiger partial charge < -0.3 is 14.2 Å². The van der Waals surface area contributed by atoms with Gasteiger partial charge in [0.2, 0.25) is 0 Å². The Morgan fingerprint density at radius 1 is 0.279 bits per heavy atom. The van der Waals surface area contributed by atoms with E-state index in [0.29, 0.717) is 19.3 Å². The molecule has 0 spiro atoms. The predicted octanol–water partition coefficient (Wildman–Crippen LogP) is 20.3. The molecule has 0 aromatic carbocycles. The van der Waals surface area contributed by atoms with E-state index >= 15 is 0 Å². The monoisotopic (exact) mass is 957 g/mol. The Morgan fingerprint density at radius 3 is 0.794 bits per heavy atom. The topological polar surface area (TPSA) is 78.9 Å². The van der Waals surface area contributed by atoms with Crippen molar-refractivity contribution in [1.82, 2.24) is 0 Å². The molecule has 1 atom stereocenters. The zero-order valence-electron chi connectivity index (χ0n) is 45.9. The smallest absolute Gasteiger partial charge is 0.306 e. The van der Waals surface area contributed by atoms with Gasteiger partial charge in [-0.3, -0.25) is 14.4 Å². The summed E-state index contributed by atoms with van der Waals surface area (Å²) >= 11 is 0. The van der Waals surface area contributed by atoms with Crippen LogP contribution in [0.4, 0.5) is 0 Å². The Kier molecular flexibility index (Phi) is 55.7. The summed E-state index contributed by atoms with van der Waals surface area (Å²) in [5.74, 6) is -0.862. The van der Waals surface area contributed by atoms with Crippen molar-refractivity contribution in [3.8, 4) is 0 Å². The number of ether oxygens (including phenoxy) is 3. The number of carbonyl (C=O) groups excluding carboxylic acids is 3. The highest BCUT2D eigenvalue weighted by Crippen LogP contribution is 2.17. The normalized spacial score (nSPS) is 12.1. The van der Waals surface area contributed by atoms with E-state index in [1.807, 2.05) is 0 Å². The van der Waals surface area contributed by atoms with Gasteiger partial charge in [0.25, 0.3) is 0 Å². The minimum absolute atomic E-state index is 0.0706. The lowest BCUT2D eigenvalue weighted by Gasteiger charge is -2.18. The van der Waals surface area contributed by atoms with E-state index in [1.54, 1.807) is 0 Å². The summed E-state index contributed by atoms with van der Waals surface area (Å²) < 4.78 is 16.9. The van der Waals surface area contributed by atoms with Gasteiger partial charge in [0.05, 0.1) is 0 Å². The Hall–Kier alpha value is -2.11. The van der Waals surface area contributed by atoms with Gasteiger partial charge in [-0.1, -0.05) is 276 Å². The van der Waals surface area contributed by atoms with Crippen LogP contribution in [0.3, 0.4) is 0 Å². The standard InChI is InChI=1S/C62H116O6/c1-4-7-10-13-16-19-22-24-26-28-30-31-33-34-36-38-40-43-46-49-52-55-61(64)67-58-59(57-66-60(63)54-51-48-45-42-21-18-15-12-9-6-3)68-62(65)56-53-50-47-44-41-39-37-35-32-29-27-25-23-20-17-14-11-8-5-2/h12,15,28,30,59H,4-11,13-14,16-27,29,31-58H2,1-3H3/b15-12-,30-28-. The van der Waals surface area contributed by atoms with Crippen molar-refractivity contribution >= 4 is 17.9 Å². The van der Waals surface area contributed by atoms with Crippen molar-refractivity contribution < 1.29 is 28.6 Å². The molecule has 6 nitrogen and oxygen atoms in total. The Balaban J connectivity index is 4.23. The Morgan fingerprint density at radius 2 is 0.515 bits per heavy atom. The first kappa shape index (κ1) is 65.9. The minimum Gasteiger partial charge on any atom is -0.462 e. The van der Waals surface area contributed by atoms with Crippen molar-refractivity contribution in [2.75, 3.05) is 13.2 Å². The number of allylic oxidation sites excluding steroid dienone is 4. The zero-order valence-corrected chi connectivity index (χ0v) is 45.9. The van der Waals surface area contributed by atoms with Crippen molar-refractivity contribution in [3.05, 3.63) is 24.3 Å². The molecular weight excluding hydrogens is 841 g/mol. The molecule has 0 N–H and O–H groups in total. The first-order valence-electron chi connectivity index (χ1n) is 30.3. The molecule has 0 heterocycles. The summed E-state index contributed by atoms with van der Waals surface area (Å²) in [7, 11) is 0. The lowest BCUT2D eigenvalue weighted by molar-refractivity contribution is -0.167. The van der Waals surface area contributed by atoms with Crippen LogP contribution in [0.2, 0.25) is 0 Å². The molecule has 0 amide bonds. The Labute approximate surface area is 423 Å². The average molecular weight is 958 g/mol. The number of esters is 3. The van der Waals surface area contributed by atoms with E-state index in [-0.39, 0.29) is 31.1 Å². The highest BCUT2D eigenvalue weighted by molar-refractivity contribution is 5.71. The van der Waals surface area contributed by atoms with Gasteiger partial charge in [-0.2, -0.15) is 0 Å². The van der Waals surface area contributed by atoms with E-state index in [2.05, 4.69) is 45.1 Å². The second-order valence-electron chi connectivity index (χ2n) is 20.6. The number of hydrogen-bond donors (Lipinski definition) is 0. The third-order valence-electron chi connectivity index (χ3n) is 13.7. The maximum Gasteiger partial charge on any atom is 0.306 e. The molecule has 0 radical (unpaired) electrons. The van der Waals surface area contributed by atoms with Crippen LogP contribution in [-0.4, -0.2) is 37.2 Å². The summed E-state index contributed by atoms with van der Waals surface area (Å²) in [4.78, 5) is 38.1. The molecule has 0 rings (SSSR count). The van der Waals surface area contributed by atoms with Crippen LogP contribution in [0.5, 0.6) is 0 Å². The highest BCUT2D eigenvalue weighted by atomic mass is 16.6. The molecule has 0 saturated carbocycles. The Bertz CT molecular complexity index is 1100. The van der Waals surface area contributed by atoms with Gasteiger partial charge in [0, 0.05) is 19.3 Å². The largest absolute Gasteiger partial charge is 0.462 e. The van der Waals surface area contributed by atoms with Gasteiger partial charge in [-0.15, -0.1) is 0 Å². The first-order valence-corrected chi connectivity index (χ1v) is 30.3. The molecule has 0 bridgehead atoms. The molecule has 0 aliphatic heterocycles. The van der Waals surface area contributed by atoms with Crippen LogP contribution in [0, 0.1) is 0 Å². The number of rotatable bonds is 56. The molecule has 0 fully saturated rings. The zero-order chi connectivity index (χ0) is 49.3. The number of unbranched alkanes of at least 4 members (excludes halogenated alkanes) is 41. The van der Waals surface area contributed by atoms with Crippen LogP contribution in [0.15, 0.2) is 24.3 Å². The SMILES string of the molecule is CCC/C=C\CCCCCCCC(=O)OCC(COC(=O)CCCCCCCCCCC/C=C\CCCCCCCCCC)OC(=O)CCCCCCCCCCCCCCCCCCCCC. The van der Waals surface area contributed by atoms with E-state index in [1.165, 1.54) is 225 Å². The maximum absolute atomic E-state index is 12.9. The van der Waals surface area contributed by atoms with Gasteiger partial charge in [-0.25, -0.2) is 0 Å². The van der Waals surface area contributed by atoms with Crippen molar-refractivity contribution in [1.29, 1.82) is 0 Å². The fourth-order valence-electron chi connectivity index (χ4n) is 9.09. The van der Waals surface area contributed by atoms with Crippen molar-refractivity contribution in [2.24, 2.45) is 0 Å². The predicted molar refractivity (Wildman–Crippen MR) is 293 cm³/mol. The van der Waals surface area contributed by atoms with Crippen LogP contribution in [0.25, 0.3) is 0 Å². The third kappa shape index (κ3) is 54.8. The van der Waals surface area contributed by atoms with E-state index < -0.39 is 6.10 Å². The van der Waals surface area contributed by atoms with Crippen molar-refractivity contribution in [3.63, 3.8) is 0 Å². The van der Waals surface area contributed by atoms with Gasteiger partial charge in [0.15, 0.2) is 6.10 Å². The second kappa shape index (κ2) is 57.5. The highest BCUT2D eigenvalue weighted by Gasteiger charge is 2.19. The summed E-state index contributed by atoms with van der Waals surface area (Å²) in [6, 6.07) is 0. The molecule has 400 valence electrons. The second-order valence-corrected chi connectivity index (χ2v) is 20.6. The van der Waals surface area contributed by atoms with E-state index in [4.69, 9.17) is 14.2 Å². The van der Waals surface area contributed by atoms with Crippen molar-refractivity contribution in [2.45, 2.75) is 341 Å². The summed E-state index contributed by atoms with van der Waals surface area (Å²) in [5, 5.41) is 0. The van der Waals surface area contributed by atoms with Gasteiger partial charge in [-0.05, 0) is 64.2 Å². The van der Waals surface area contributed by atoms with Crippen LogP contribution >= 0.6 is 0 Å². The molecule has 0 aliphatic rings. The lowest BCUT2D eigenvalue weighted by Crippen LogP contribution is -2.30. The van der Waals surface area contributed by atoms with Crippen LogP contribution < -0.4 is 0 Å². The van der Waals surface area contributed by atoms with Crippen LogP contribution in [0.1, 0.15) is 335 Å². The number of hydrogen-bond acceptors (Lipinski definition) is 6. The average Bonchev–Trinajstić information content (AvgIpc) is 3.34. The van der Waals surface area contributed by atoms with E-state index in [0.717, 1.165) is 70.6 Å². The molecule has 0 aromatic heterocycles. The van der Waals surface area contributed by atoms with Gasteiger partial charge in [0.1, 0.15) is 13.2 Å². The molecule has 0 aliphatic carbocycles. The lowest BCUT2D eigenvalue weighted by atomic mass is 10.0. The molecule has 68 heavy (non-hydrogen) atoms. The van der Waals surface area contributed by atoms with Crippen LogP contribution in [-0.2, 0) is 28.6 Å². The molecule has 0 aromatic rings. The first-order chi connectivity index (χ1) is 33.5. The summed E-state index contributed by atoms with van der Waals surface area (Å²) in [5.41, 5.74) is 0. The maximum atomic E-state index is 12.9. The molecule has 0 saturated heterocycles. The summed E-state index contributed by atoms with van der Waals surface area (Å²) in [6.45, 7) is 6.62. The molecule has 1 unspecified atom stereocenters. The minimum atomic E-state index is -0.771. The fraction of sp³-hybridized carbons (Fsp3) is 0.887. The quantitative estimate of drug-likeness (QED) is 0.0262. The third-order valence-corrected chi connectivity index (χ3v) is 13.7. The fourth-order valence-corrected chi connectivity index (χ4v) is 9.09. The molecule has 6 heteroatoms. The molecular formula is C62H116O6. The van der Waals surface area contributed by atoms with Gasteiger partial charge >= 0.3 is 17.9 Å². The van der Waals surface area contributed by atoms with E-state index in [9.17, 15) is 14.4 Å². The number of carbonyl (C=O) groups is 3.